The van der Waals surface area contributed by atoms with Gasteiger partial charge < -0.3 is 5.73 Å². The lowest BCUT2D eigenvalue weighted by atomic mass is 10.1. The van der Waals surface area contributed by atoms with Crippen molar-refractivity contribution in [1.29, 1.82) is 0 Å². The molecule has 2 rings (SSSR count). The van der Waals surface area contributed by atoms with Crippen molar-refractivity contribution in [2.45, 2.75) is 26.7 Å². The number of hydrogen-bond donors (Lipinski definition) is 1. The van der Waals surface area contributed by atoms with Gasteiger partial charge in [0.2, 0.25) is 0 Å². The molecular weight excluding hydrogens is 425 g/mol. The molecule has 18 heavy (non-hydrogen) atoms. The summed E-state index contributed by atoms with van der Waals surface area (Å²) in [5, 5.41) is 0. The van der Waals surface area contributed by atoms with Gasteiger partial charge in [0.15, 0.2) is 5.82 Å². The van der Waals surface area contributed by atoms with E-state index in [4.69, 9.17) is 5.73 Å². The predicted molar refractivity (Wildman–Crippen MR) is 89.0 cm³/mol. The van der Waals surface area contributed by atoms with Gasteiger partial charge >= 0.3 is 0 Å². The van der Waals surface area contributed by atoms with Gasteiger partial charge in [-0.05, 0) is 57.4 Å². The SMILES string of the molecule is Cc1sc(-c2nc(N)c(I)c(C(C)C)n2)cc1Br. The van der Waals surface area contributed by atoms with E-state index in [0.717, 1.165) is 24.4 Å². The molecule has 2 N–H and O–H groups in total. The topological polar surface area (TPSA) is 51.8 Å². The molecule has 0 aromatic carbocycles. The van der Waals surface area contributed by atoms with Gasteiger partial charge in [0, 0.05) is 9.35 Å². The molecule has 0 bridgehead atoms. The molecule has 3 nitrogen and oxygen atoms in total. The molecule has 0 atom stereocenters. The normalized spacial score (nSPS) is 11.2. The van der Waals surface area contributed by atoms with Gasteiger partial charge in [-0.3, -0.25) is 0 Å². The number of aryl methyl sites for hydroxylation is 1. The lowest BCUT2D eigenvalue weighted by Gasteiger charge is -2.10. The molecule has 2 aromatic heterocycles. The predicted octanol–water partition coefficient (Wildman–Crippen LogP) is 4.59. The lowest BCUT2D eigenvalue weighted by Crippen LogP contribution is -2.05. The van der Waals surface area contributed by atoms with E-state index in [1.54, 1.807) is 11.3 Å². The van der Waals surface area contributed by atoms with E-state index in [-0.39, 0.29) is 0 Å². The van der Waals surface area contributed by atoms with Crippen molar-refractivity contribution in [3.8, 4) is 10.7 Å². The smallest absolute Gasteiger partial charge is 0.171 e. The van der Waals surface area contributed by atoms with E-state index in [2.05, 4.69) is 69.3 Å². The Morgan fingerprint density at radius 1 is 1.39 bits per heavy atom. The average molecular weight is 438 g/mol. The van der Waals surface area contributed by atoms with Gasteiger partial charge in [-0.25, -0.2) is 9.97 Å². The Bertz CT molecular complexity index is 576. The minimum atomic E-state index is 0.338. The Kier molecular flexibility index (Phi) is 4.28. The fourth-order valence-electron chi connectivity index (χ4n) is 1.55. The van der Waals surface area contributed by atoms with Gasteiger partial charge in [0.1, 0.15) is 5.82 Å². The maximum absolute atomic E-state index is 5.98. The molecule has 0 saturated heterocycles. The second kappa shape index (κ2) is 5.42. The van der Waals surface area contributed by atoms with Crippen LogP contribution in [0.1, 0.15) is 30.3 Å². The Hall–Kier alpha value is -0.210. The van der Waals surface area contributed by atoms with E-state index in [9.17, 15) is 0 Å². The van der Waals surface area contributed by atoms with Gasteiger partial charge in [-0.2, -0.15) is 0 Å². The highest BCUT2D eigenvalue weighted by atomic mass is 127. The third-order valence-corrected chi connectivity index (χ3v) is 5.76. The quantitative estimate of drug-likeness (QED) is 0.699. The van der Waals surface area contributed by atoms with E-state index < -0.39 is 0 Å². The van der Waals surface area contributed by atoms with Crippen molar-refractivity contribution in [1.82, 2.24) is 9.97 Å². The van der Waals surface area contributed by atoms with E-state index in [1.807, 2.05) is 6.07 Å². The number of hydrogen-bond acceptors (Lipinski definition) is 4. The monoisotopic (exact) mass is 437 g/mol. The summed E-state index contributed by atoms with van der Waals surface area (Å²) < 4.78 is 2.05. The zero-order chi connectivity index (χ0) is 13.4. The molecule has 0 aliphatic rings. The first-order chi connectivity index (χ1) is 8.40. The number of rotatable bonds is 2. The standard InChI is InChI=1S/C12H13BrIN3S/c1-5(2)10-9(14)11(15)17-12(16-10)8-4-7(13)6(3)18-8/h4-5H,1-3H3,(H2,15,16,17). The summed E-state index contributed by atoms with van der Waals surface area (Å²) in [7, 11) is 0. The number of halogens is 2. The minimum absolute atomic E-state index is 0.338. The van der Waals surface area contributed by atoms with Gasteiger partial charge in [0.05, 0.1) is 14.1 Å². The van der Waals surface area contributed by atoms with Crippen LogP contribution >= 0.6 is 49.9 Å². The third kappa shape index (κ3) is 2.70. The van der Waals surface area contributed by atoms with Gasteiger partial charge in [0.25, 0.3) is 0 Å². The van der Waals surface area contributed by atoms with Crippen LogP contribution in [0, 0.1) is 10.5 Å². The molecule has 96 valence electrons. The Morgan fingerprint density at radius 3 is 2.56 bits per heavy atom. The van der Waals surface area contributed by atoms with Gasteiger partial charge in [-0.1, -0.05) is 13.8 Å². The van der Waals surface area contributed by atoms with Crippen molar-refractivity contribution in [2.75, 3.05) is 5.73 Å². The van der Waals surface area contributed by atoms with Crippen LogP contribution in [-0.4, -0.2) is 9.97 Å². The molecule has 0 fully saturated rings. The first-order valence-electron chi connectivity index (χ1n) is 5.49. The van der Waals surface area contributed by atoms with Gasteiger partial charge in [-0.15, -0.1) is 11.3 Å². The van der Waals surface area contributed by atoms with E-state index in [1.165, 1.54) is 4.88 Å². The van der Waals surface area contributed by atoms with Crippen LogP contribution in [0.3, 0.4) is 0 Å². The van der Waals surface area contributed by atoms with Crippen molar-refractivity contribution in [2.24, 2.45) is 0 Å². The molecule has 0 aliphatic heterocycles. The summed E-state index contributed by atoms with van der Waals surface area (Å²) in [6.45, 7) is 6.30. The van der Waals surface area contributed by atoms with Crippen LogP contribution < -0.4 is 5.73 Å². The van der Waals surface area contributed by atoms with Crippen LogP contribution in [0.25, 0.3) is 10.7 Å². The third-order valence-electron chi connectivity index (χ3n) is 2.53. The number of nitrogen functional groups attached to an aromatic ring is 1. The Balaban J connectivity index is 2.58. The molecule has 6 heteroatoms. The summed E-state index contributed by atoms with van der Waals surface area (Å²) in [5.74, 6) is 1.62. The minimum Gasteiger partial charge on any atom is -0.383 e. The summed E-state index contributed by atoms with van der Waals surface area (Å²) in [5.41, 5.74) is 6.99. The molecule has 0 amide bonds. The van der Waals surface area contributed by atoms with Crippen LogP contribution in [0.15, 0.2) is 10.5 Å². The summed E-state index contributed by atoms with van der Waals surface area (Å²) in [6.07, 6.45) is 0. The van der Waals surface area contributed by atoms with Crippen molar-refractivity contribution >= 4 is 55.7 Å². The molecule has 0 aliphatic carbocycles. The highest BCUT2D eigenvalue weighted by Gasteiger charge is 2.15. The number of nitrogens with zero attached hydrogens (tertiary/aromatic N) is 2. The zero-order valence-electron chi connectivity index (χ0n) is 10.3. The second-order valence-electron chi connectivity index (χ2n) is 4.30. The highest BCUT2D eigenvalue weighted by Crippen LogP contribution is 2.34. The molecular formula is C12H13BrIN3S. The number of aromatic nitrogens is 2. The summed E-state index contributed by atoms with van der Waals surface area (Å²) in [4.78, 5) is 11.3. The molecule has 0 radical (unpaired) electrons. The van der Waals surface area contributed by atoms with Crippen molar-refractivity contribution in [3.05, 3.63) is 24.7 Å². The summed E-state index contributed by atoms with van der Waals surface area (Å²) in [6, 6.07) is 2.05. The maximum atomic E-state index is 5.98. The average Bonchev–Trinajstić information content (AvgIpc) is 2.62. The zero-order valence-corrected chi connectivity index (χ0v) is 14.9. The highest BCUT2D eigenvalue weighted by molar-refractivity contribution is 14.1. The fraction of sp³-hybridized carbons (Fsp3) is 0.333. The molecule has 0 unspecified atom stereocenters. The number of nitrogens with two attached hydrogens (primary N) is 1. The summed E-state index contributed by atoms with van der Waals surface area (Å²) >= 11 is 7.40. The van der Waals surface area contributed by atoms with Crippen LogP contribution in [0.4, 0.5) is 5.82 Å². The first-order valence-corrected chi connectivity index (χ1v) is 8.18. The maximum Gasteiger partial charge on any atom is 0.171 e. The van der Waals surface area contributed by atoms with Crippen molar-refractivity contribution < 1.29 is 0 Å². The van der Waals surface area contributed by atoms with Crippen molar-refractivity contribution in [3.63, 3.8) is 0 Å². The van der Waals surface area contributed by atoms with Crippen LogP contribution in [0.2, 0.25) is 0 Å². The fourth-order valence-corrected chi connectivity index (χ4v) is 3.88. The Morgan fingerprint density at radius 2 is 2.06 bits per heavy atom. The van der Waals surface area contributed by atoms with Crippen LogP contribution in [0.5, 0.6) is 0 Å². The molecule has 2 aromatic rings. The van der Waals surface area contributed by atoms with Crippen LogP contribution in [-0.2, 0) is 0 Å². The number of thiophene rings is 1. The largest absolute Gasteiger partial charge is 0.383 e. The van der Waals surface area contributed by atoms with E-state index in [0.29, 0.717) is 11.7 Å². The molecule has 0 spiro atoms. The van der Waals surface area contributed by atoms with E-state index >= 15 is 0 Å². The second-order valence-corrected chi connectivity index (χ2v) is 7.49. The molecule has 0 saturated carbocycles. The molecule has 2 heterocycles. The lowest BCUT2D eigenvalue weighted by molar-refractivity contribution is 0.810. The number of anilines is 1. The first kappa shape index (κ1) is 14.2. The Labute approximate surface area is 132 Å².